The summed E-state index contributed by atoms with van der Waals surface area (Å²) in [5.74, 6) is -14.2. The number of unbranched alkanes of at least 4 members (excludes halogenated alkanes) is 1. The Morgan fingerprint density at radius 2 is 0.865 bits per heavy atom. The first-order chi connectivity index (χ1) is 34.4. The molecule has 34 heteroatoms. The van der Waals surface area contributed by atoms with Crippen molar-refractivity contribution in [1.29, 1.82) is 0 Å². The van der Waals surface area contributed by atoms with Gasteiger partial charge in [0.2, 0.25) is 17.7 Å². The van der Waals surface area contributed by atoms with Gasteiger partial charge in [0, 0.05) is 57.7 Å². The number of carboxylic acid groups (broad SMARTS) is 8. The Bertz CT molecular complexity index is 2160. The van der Waals surface area contributed by atoms with E-state index in [2.05, 4.69) is 35.2 Å². The van der Waals surface area contributed by atoms with Crippen LogP contribution in [0.3, 0.4) is 0 Å². The number of rotatable bonds is 33. The molecule has 3 atom stereocenters. The topological polar surface area (TPSA) is 508 Å². The number of hydrogen-bond acceptors (Lipinski definition) is 15. The molecule has 33 nitrogen and oxygen atoms in total. The molecule has 0 saturated carbocycles. The number of imidazole rings is 2. The van der Waals surface area contributed by atoms with Gasteiger partial charge in [-0.3, -0.25) is 43.3 Å². The normalized spacial score (nSPS) is 11.1. The first-order valence-corrected chi connectivity index (χ1v) is 20.5. The van der Waals surface area contributed by atoms with E-state index in [9.17, 15) is 93.3 Å². The van der Waals surface area contributed by atoms with Crippen molar-refractivity contribution in [2.45, 2.75) is 89.3 Å². The molecule has 11 N–H and O–H groups in total. The average molecular weight is 1140 g/mol. The fraction of sp³-hybridized carbons (Fsp3) is 0.475. The number of amides is 5. The molecule has 1 radical (unpaired) electrons. The molecule has 0 aromatic carbocycles. The Labute approximate surface area is 431 Å². The monoisotopic (exact) mass is 1140 g/mol. The van der Waals surface area contributed by atoms with Crippen LogP contribution in [-0.4, -0.2) is 197 Å². The Kier molecular flexibility index (Phi) is 36.3. The number of hydrogen-bond donors (Lipinski definition) is 11. The summed E-state index contributed by atoms with van der Waals surface area (Å²) in [4.78, 5) is 154. The van der Waals surface area contributed by atoms with Crippen LogP contribution in [0.15, 0.2) is 24.8 Å². The van der Waals surface area contributed by atoms with E-state index in [1.54, 1.807) is 4.90 Å². The van der Waals surface area contributed by atoms with Crippen molar-refractivity contribution in [2.24, 2.45) is 0 Å². The molecular formula is C40H50N10O23Tc. The van der Waals surface area contributed by atoms with E-state index in [0.29, 0.717) is 9.80 Å². The van der Waals surface area contributed by atoms with Crippen molar-refractivity contribution >= 4 is 71.5 Å². The van der Waals surface area contributed by atoms with Gasteiger partial charge in [-0.25, -0.2) is 29.1 Å². The molecule has 0 aliphatic carbocycles. The third-order valence-electron chi connectivity index (χ3n) is 9.32. The van der Waals surface area contributed by atoms with Gasteiger partial charge in [-0.1, -0.05) is 0 Å². The summed E-state index contributed by atoms with van der Waals surface area (Å²) in [6, 6.07) is -6.22. The molecule has 74 heavy (non-hydrogen) atoms. The van der Waals surface area contributed by atoms with Crippen LogP contribution in [0.1, 0.15) is 56.6 Å². The fourth-order valence-corrected chi connectivity index (χ4v) is 6.12. The molecule has 0 fully saturated rings. The number of urea groups is 1. The summed E-state index contributed by atoms with van der Waals surface area (Å²) in [7, 11) is 0. The van der Waals surface area contributed by atoms with Crippen LogP contribution >= 0.6 is 0 Å². The summed E-state index contributed by atoms with van der Waals surface area (Å²) >= 11 is 0. The van der Waals surface area contributed by atoms with Gasteiger partial charge in [0.25, 0.3) is 0 Å². The predicted octanol–water partition coefficient (Wildman–Crippen LogP) is -3.45. The van der Waals surface area contributed by atoms with Gasteiger partial charge in [-0.15, -0.1) is 0 Å². The standard InChI is InChI=1S/C37H50N10O20.3CO.Tc/c48-26(6-4-22(35(63)64)41-37(67)42-23(36(65)66)5-7-29(51)52)40-21(34(61)62)3-1-2-10-43(13-24-38-8-11-44(24)15-27(49)46(17-30(53)54)18-31(55)56)14-25-39-9-12-45(25)16-28(50)47(19-32(57)58)20-33(59)60;3*1-2;/h8-9,11-12,21-23H,1-7,10,13-20H2,(H,40,48)(H,51,52)(H,53,54)(H,55,56)(H,57,58)(H,59,60)(H,61,62)(H,63,64)(H,65,66)(H2,41,42,67);;;;/t21-,22+,23+;;;;/m1..../s1/i;;;;1+1. The van der Waals surface area contributed by atoms with Crippen molar-refractivity contribution in [3.05, 3.63) is 56.4 Å². The molecule has 405 valence electrons. The first kappa shape index (κ1) is 69.9. The summed E-state index contributed by atoms with van der Waals surface area (Å²) in [5.41, 5.74) is 0. The van der Waals surface area contributed by atoms with E-state index in [0.717, 1.165) is 0 Å². The SMILES string of the molecule is O=C(O)CC[C@H](NC(=O)N[C@@H](CCC(=O)N[C@H](CCCCN(Cc1nccn1CC(=O)N(CC(=O)O)CC(=O)O)Cc1nccn1CC(=O)N(CC(=O)O)CC(=O)O)C(=O)O)C(=O)O)C(=O)O.[99Tc].[C-]#[O+].[C-]#[O+].[C-]#[O+]. The van der Waals surface area contributed by atoms with Crippen molar-refractivity contribution in [3.8, 4) is 0 Å². The van der Waals surface area contributed by atoms with Crippen LogP contribution in [0.4, 0.5) is 4.79 Å². The quantitative estimate of drug-likeness (QED) is 0.0188. The third-order valence-corrected chi connectivity index (χ3v) is 9.32. The zero-order valence-corrected chi connectivity index (χ0v) is 40.4. The third kappa shape index (κ3) is 29.1. The second-order valence-corrected chi connectivity index (χ2v) is 14.6. The van der Waals surface area contributed by atoms with Crippen molar-refractivity contribution in [1.82, 2.24) is 49.8 Å². The number of aromatic nitrogens is 4. The van der Waals surface area contributed by atoms with Crippen molar-refractivity contribution < 1.29 is 132 Å². The fourth-order valence-electron chi connectivity index (χ4n) is 6.12. The van der Waals surface area contributed by atoms with E-state index in [1.165, 1.54) is 33.9 Å². The van der Waals surface area contributed by atoms with Crippen LogP contribution in [0.5, 0.6) is 0 Å². The summed E-state index contributed by atoms with van der Waals surface area (Å²) < 4.78 is 25.1. The van der Waals surface area contributed by atoms with Gasteiger partial charge in [-0.2, -0.15) is 0 Å². The molecule has 2 aromatic heterocycles. The number of nitrogens with zero attached hydrogens (tertiary/aromatic N) is 7. The zero-order valence-electron chi connectivity index (χ0n) is 38.6. The van der Waals surface area contributed by atoms with Crippen molar-refractivity contribution in [2.75, 3.05) is 32.7 Å². The zero-order chi connectivity index (χ0) is 56.4. The maximum atomic E-state index is 13.0. The van der Waals surface area contributed by atoms with Crippen LogP contribution in [0.25, 0.3) is 0 Å². The summed E-state index contributed by atoms with van der Waals surface area (Å²) in [6.45, 7) is 8.68. The number of nitrogens with one attached hydrogen (secondary N) is 3. The summed E-state index contributed by atoms with van der Waals surface area (Å²) in [5, 5.41) is 80.4. The molecule has 5 amide bonds. The van der Waals surface area contributed by atoms with Crippen LogP contribution < -0.4 is 16.0 Å². The second kappa shape index (κ2) is 38.4. The molecule has 0 bridgehead atoms. The van der Waals surface area contributed by atoms with Crippen LogP contribution in [-0.2, 0) is 113 Å². The minimum atomic E-state index is -1.75. The van der Waals surface area contributed by atoms with Gasteiger partial charge in [0.05, 0.1) is 13.1 Å². The molecule has 2 rings (SSSR count). The number of carbonyl (C=O) groups excluding carboxylic acids is 4. The average Bonchev–Trinajstić information content (AvgIpc) is 3.95. The Balaban J connectivity index is -0.00000693. The molecular weight excluding hydrogens is 1090 g/mol. The van der Waals surface area contributed by atoms with E-state index < -0.39 is 155 Å². The van der Waals surface area contributed by atoms with Gasteiger partial charge >= 0.3 is 87.7 Å². The molecule has 0 aliphatic heterocycles. The Hall–Kier alpha value is -8.31. The Morgan fingerprint density at radius 3 is 1.20 bits per heavy atom. The number of aliphatic carboxylic acids is 8. The minimum absolute atomic E-state index is 0. The van der Waals surface area contributed by atoms with E-state index in [1.807, 2.05) is 10.6 Å². The van der Waals surface area contributed by atoms with E-state index in [4.69, 9.17) is 19.1 Å². The van der Waals surface area contributed by atoms with Gasteiger partial charge in [-0.05, 0) is 38.6 Å². The van der Waals surface area contributed by atoms with Crippen LogP contribution in [0.2, 0.25) is 0 Å². The Morgan fingerprint density at radius 1 is 0.514 bits per heavy atom. The summed E-state index contributed by atoms with van der Waals surface area (Å²) in [6.07, 6.45) is 3.15. The number of carbonyl (C=O) groups is 12. The van der Waals surface area contributed by atoms with Gasteiger partial charge in [0.1, 0.15) is 69.0 Å². The maximum absolute atomic E-state index is 13.0. The van der Waals surface area contributed by atoms with Crippen LogP contribution in [0, 0.1) is 20.0 Å². The van der Waals surface area contributed by atoms with Gasteiger partial charge < -0.3 is 75.7 Å². The molecule has 0 aliphatic rings. The molecule has 0 spiro atoms. The molecule has 2 aromatic rings. The van der Waals surface area contributed by atoms with Gasteiger partial charge in [0.15, 0.2) is 0 Å². The number of carboxylic acids is 8. The van der Waals surface area contributed by atoms with E-state index >= 15 is 0 Å². The second-order valence-electron chi connectivity index (χ2n) is 14.6. The predicted molar refractivity (Wildman–Crippen MR) is 228 cm³/mol. The molecule has 2 heterocycles. The molecule has 0 saturated heterocycles. The molecule has 0 unspecified atom stereocenters. The first-order valence-electron chi connectivity index (χ1n) is 20.5. The van der Waals surface area contributed by atoms with Crippen molar-refractivity contribution in [3.63, 3.8) is 0 Å². The van der Waals surface area contributed by atoms with E-state index in [-0.39, 0.29) is 70.7 Å².